The Morgan fingerprint density at radius 3 is 2.26 bits per heavy atom. The number of nitrogens with two attached hydrogens (primary N) is 1. The Morgan fingerprint density at radius 1 is 1.13 bits per heavy atom. The van der Waals surface area contributed by atoms with Crippen LogP contribution in [0.5, 0.6) is 11.5 Å². The van der Waals surface area contributed by atoms with Crippen molar-refractivity contribution in [2.45, 2.75) is 53.2 Å². The van der Waals surface area contributed by atoms with Gasteiger partial charge in [-0.1, -0.05) is 57.5 Å². The van der Waals surface area contributed by atoms with Crippen molar-refractivity contribution in [3.63, 3.8) is 0 Å². The molecule has 1 aromatic carbocycles. The van der Waals surface area contributed by atoms with Crippen LogP contribution in [-0.4, -0.2) is 41.8 Å². The van der Waals surface area contributed by atoms with Crippen LogP contribution in [0.25, 0.3) is 0 Å². The number of methoxy groups -OCH3 is 1. The van der Waals surface area contributed by atoms with Gasteiger partial charge in [-0.15, -0.1) is 0 Å². The van der Waals surface area contributed by atoms with Crippen molar-refractivity contribution >= 4 is 11.9 Å². The Kier molecular flexibility index (Phi) is 15.0. The molecule has 2 aromatic rings. The highest BCUT2D eigenvalue weighted by Crippen LogP contribution is 2.26. The Balaban J connectivity index is 0.000000531. The van der Waals surface area contributed by atoms with Crippen molar-refractivity contribution < 1.29 is 28.9 Å². The summed E-state index contributed by atoms with van der Waals surface area (Å²) in [7, 11) is 1.37. The van der Waals surface area contributed by atoms with Gasteiger partial charge < -0.3 is 25.1 Å². The number of hydrogen-bond donors (Lipinski definition) is 2. The number of carbonyl (C=O) groups excluding carboxylic acids is 2. The van der Waals surface area contributed by atoms with Crippen LogP contribution < -0.4 is 10.5 Å². The average Bonchev–Trinajstić information content (AvgIpc) is 2.77. The largest absolute Gasteiger partial charge is 0.503 e. The van der Waals surface area contributed by atoms with Crippen LogP contribution in [0, 0.1) is 0 Å². The molecule has 0 aliphatic heterocycles. The Morgan fingerprint density at radius 2 is 1.74 bits per heavy atom. The van der Waals surface area contributed by atoms with Crippen LogP contribution in [0.1, 0.15) is 56.6 Å². The smallest absolute Gasteiger partial charge is 0.305 e. The van der Waals surface area contributed by atoms with Gasteiger partial charge in [0.05, 0.1) is 19.8 Å². The van der Waals surface area contributed by atoms with Gasteiger partial charge >= 0.3 is 5.97 Å². The van der Waals surface area contributed by atoms with Gasteiger partial charge in [-0.25, -0.2) is 4.98 Å². The molecule has 0 radical (unpaired) electrons. The van der Waals surface area contributed by atoms with E-state index in [-0.39, 0.29) is 29.3 Å². The molecule has 8 nitrogen and oxygen atoms in total. The van der Waals surface area contributed by atoms with Crippen molar-refractivity contribution in [2.24, 2.45) is 5.73 Å². The molecule has 8 heteroatoms. The van der Waals surface area contributed by atoms with E-state index in [0.717, 1.165) is 5.56 Å². The third-order valence-electron chi connectivity index (χ3n) is 3.49. The van der Waals surface area contributed by atoms with Gasteiger partial charge in [0.2, 0.25) is 0 Å². The lowest BCUT2D eigenvalue weighted by atomic mass is 10.2. The molecule has 1 aromatic heterocycles. The Hall–Kier alpha value is -3.13. The van der Waals surface area contributed by atoms with E-state index >= 15 is 0 Å². The molecule has 1 atom stereocenters. The number of esters is 1. The number of rotatable bonds is 8. The van der Waals surface area contributed by atoms with E-state index in [1.165, 1.54) is 25.8 Å². The van der Waals surface area contributed by atoms with Crippen LogP contribution in [0.3, 0.4) is 0 Å². The lowest BCUT2D eigenvalue weighted by molar-refractivity contribution is -0.147. The molecule has 1 unspecified atom stereocenters. The first kappa shape index (κ1) is 27.9. The quantitative estimate of drug-likeness (QED) is 0.605. The number of aromatic hydroxyl groups is 1. The molecular formula is C23H34N2O6. The van der Waals surface area contributed by atoms with Crippen LogP contribution in [0.15, 0.2) is 42.6 Å². The Labute approximate surface area is 184 Å². The van der Waals surface area contributed by atoms with Crippen molar-refractivity contribution in [1.29, 1.82) is 0 Å². The van der Waals surface area contributed by atoms with E-state index in [9.17, 15) is 14.7 Å². The van der Waals surface area contributed by atoms with Gasteiger partial charge in [0.1, 0.15) is 6.61 Å². The number of pyridine rings is 1. The molecule has 0 saturated carbocycles. The van der Waals surface area contributed by atoms with Gasteiger partial charge in [0.15, 0.2) is 17.2 Å². The van der Waals surface area contributed by atoms with Gasteiger partial charge in [0, 0.05) is 18.7 Å². The minimum Gasteiger partial charge on any atom is -0.503 e. The summed E-state index contributed by atoms with van der Waals surface area (Å²) in [6, 6.07) is 11.4. The zero-order chi connectivity index (χ0) is 23.6. The highest BCUT2D eigenvalue weighted by Gasteiger charge is 2.12. The first-order valence-electron chi connectivity index (χ1n) is 10.1. The van der Waals surface area contributed by atoms with E-state index < -0.39 is 5.91 Å². The summed E-state index contributed by atoms with van der Waals surface area (Å²) in [5.41, 5.74) is 5.86. The van der Waals surface area contributed by atoms with Crippen molar-refractivity contribution in [1.82, 2.24) is 4.98 Å². The third-order valence-corrected chi connectivity index (χ3v) is 3.49. The molecule has 1 heterocycles. The number of amides is 1. The van der Waals surface area contributed by atoms with E-state index in [4.69, 9.17) is 19.9 Å². The van der Waals surface area contributed by atoms with Crippen molar-refractivity contribution in [2.75, 3.05) is 13.7 Å². The SMILES string of the molecule is CCC.CCC(=O)OCC(C)OCc1ccccc1.COc1ccnc(C(N)=O)c1O. The molecule has 1 amide bonds. The predicted molar refractivity (Wildman–Crippen MR) is 119 cm³/mol. The van der Waals surface area contributed by atoms with Gasteiger partial charge in [-0.05, 0) is 12.5 Å². The second kappa shape index (κ2) is 16.6. The summed E-state index contributed by atoms with van der Waals surface area (Å²) < 4.78 is 15.3. The highest BCUT2D eigenvalue weighted by atomic mass is 16.6. The van der Waals surface area contributed by atoms with Gasteiger partial charge in [-0.2, -0.15) is 0 Å². The molecule has 0 aliphatic rings. The first-order valence-corrected chi connectivity index (χ1v) is 10.1. The summed E-state index contributed by atoms with van der Waals surface area (Å²) >= 11 is 0. The molecule has 0 saturated heterocycles. The molecule has 0 fully saturated rings. The second-order valence-electron chi connectivity index (χ2n) is 6.43. The van der Waals surface area contributed by atoms with Gasteiger partial charge in [0.25, 0.3) is 5.91 Å². The molecule has 3 N–H and O–H groups in total. The monoisotopic (exact) mass is 434 g/mol. The molecule has 0 spiro atoms. The molecule has 2 rings (SSSR count). The minimum absolute atomic E-state index is 0.0734. The van der Waals surface area contributed by atoms with E-state index in [0.29, 0.717) is 19.6 Å². The van der Waals surface area contributed by atoms with E-state index in [1.807, 2.05) is 37.3 Å². The molecule has 0 aliphatic carbocycles. The fraction of sp³-hybridized carbons (Fsp3) is 0.435. The number of carbonyl (C=O) groups is 2. The summed E-state index contributed by atoms with van der Waals surface area (Å²) in [5.74, 6) is -1.12. The normalized spacial score (nSPS) is 10.5. The lowest BCUT2D eigenvalue weighted by Gasteiger charge is -2.13. The van der Waals surface area contributed by atoms with Crippen LogP contribution in [0.2, 0.25) is 0 Å². The van der Waals surface area contributed by atoms with Gasteiger partial charge in [-0.3, -0.25) is 9.59 Å². The first-order chi connectivity index (χ1) is 14.8. The van der Waals surface area contributed by atoms with Crippen LogP contribution in [-0.2, 0) is 20.9 Å². The van der Waals surface area contributed by atoms with Crippen LogP contribution >= 0.6 is 0 Å². The molecular weight excluding hydrogens is 400 g/mol. The van der Waals surface area contributed by atoms with Crippen molar-refractivity contribution in [3.05, 3.63) is 53.9 Å². The topological polar surface area (TPSA) is 121 Å². The maximum Gasteiger partial charge on any atom is 0.305 e. The summed E-state index contributed by atoms with van der Waals surface area (Å²) in [4.78, 5) is 25.1. The van der Waals surface area contributed by atoms with Crippen LogP contribution in [0.4, 0.5) is 0 Å². The summed E-state index contributed by atoms with van der Waals surface area (Å²) in [6.45, 7) is 8.79. The molecule has 0 bridgehead atoms. The third kappa shape index (κ3) is 12.2. The van der Waals surface area contributed by atoms with Crippen molar-refractivity contribution in [3.8, 4) is 11.5 Å². The molecule has 31 heavy (non-hydrogen) atoms. The standard InChI is InChI=1S/C13H18O3.C7H8N2O3.C3H8/c1-3-13(14)16-9-11(2)15-10-12-7-5-4-6-8-12;1-12-4-2-3-9-5(6(4)10)7(8)11;1-3-2/h4-8,11H,3,9-10H2,1-2H3;2-3,10H,1H3,(H2,8,11);3H2,1-2H3. The maximum atomic E-state index is 10.9. The second-order valence-corrected chi connectivity index (χ2v) is 6.43. The highest BCUT2D eigenvalue weighted by molar-refractivity contribution is 5.94. The average molecular weight is 435 g/mol. The Bertz CT molecular complexity index is 768. The minimum atomic E-state index is -0.786. The number of primary amides is 1. The lowest BCUT2D eigenvalue weighted by Crippen LogP contribution is -2.18. The zero-order valence-corrected chi connectivity index (χ0v) is 19.0. The summed E-state index contributed by atoms with van der Waals surface area (Å²) in [5, 5.41) is 9.27. The fourth-order valence-corrected chi connectivity index (χ4v) is 1.95. The number of aromatic nitrogens is 1. The number of nitrogens with zero attached hydrogens (tertiary/aromatic N) is 1. The predicted octanol–water partition coefficient (Wildman–Crippen LogP) is 3.86. The number of benzene rings is 1. The number of hydrogen-bond acceptors (Lipinski definition) is 7. The summed E-state index contributed by atoms with van der Waals surface area (Å²) in [6.07, 6.45) is 2.92. The van der Waals surface area contributed by atoms with E-state index in [2.05, 4.69) is 18.8 Å². The maximum absolute atomic E-state index is 10.9. The number of ether oxygens (including phenoxy) is 3. The molecule has 172 valence electrons. The zero-order valence-electron chi connectivity index (χ0n) is 19.0. The fourth-order valence-electron chi connectivity index (χ4n) is 1.95. The van der Waals surface area contributed by atoms with E-state index in [1.54, 1.807) is 6.92 Å².